The van der Waals surface area contributed by atoms with Crippen LogP contribution in [-0.4, -0.2) is 56.6 Å². The molecule has 2 rings (SSSR count). The second-order valence-electron chi connectivity index (χ2n) is 5.21. The van der Waals surface area contributed by atoms with E-state index in [1.165, 1.54) is 0 Å². The standard InChI is InChI=1S/C14H25NO4/c1-2-17-14(16)12-5-3-7-15(11-12)8-6-13-18-9-4-10-19-13/h12-13H,2-11H2,1H3. The molecule has 0 aromatic heterocycles. The Morgan fingerprint density at radius 3 is 2.84 bits per heavy atom. The van der Waals surface area contributed by atoms with Crippen molar-refractivity contribution in [1.82, 2.24) is 4.90 Å². The molecule has 0 saturated carbocycles. The summed E-state index contributed by atoms with van der Waals surface area (Å²) < 4.78 is 16.2. The molecule has 2 saturated heterocycles. The Hall–Kier alpha value is -0.650. The number of piperidine rings is 1. The summed E-state index contributed by atoms with van der Waals surface area (Å²) in [6, 6.07) is 0. The average molecular weight is 271 g/mol. The Kier molecular flexibility index (Phi) is 6.07. The third kappa shape index (κ3) is 4.75. The Labute approximate surface area is 115 Å². The van der Waals surface area contributed by atoms with Gasteiger partial charge in [-0.1, -0.05) is 0 Å². The van der Waals surface area contributed by atoms with Crippen LogP contribution in [0.2, 0.25) is 0 Å². The van der Waals surface area contributed by atoms with Gasteiger partial charge >= 0.3 is 5.97 Å². The van der Waals surface area contributed by atoms with E-state index in [-0.39, 0.29) is 18.2 Å². The van der Waals surface area contributed by atoms with E-state index in [4.69, 9.17) is 14.2 Å². The molecule has 2 heterocycles. The normalized spacial score (nSPS) is 26.3. The number of hydrogen-bond donors (Lipinski definition) is 0. The maximum Gasteiger partial charge on any atom is 0.310 e. The van der Waals surface area contributed by atoms with E-state index < -0.39 is 0 Å². The van der Waals surface area contributed by atoms with E-state index in [0.717, 1.165) is 58.5 Å². The number of esters is 1. The first-order chi connectivity index (χ1) is 9.29. The van der Waals surface area contributed by atoms with Crippen molar-refractivity contribution in [2.45, 2.75) is 38.9 Å². The lowest BCUT2D eigenvalue weighted by Crippen LogP contribution is -2.41. The molecule has 5 nitrogen and oxygen atoms in total. The maximum absolute atomic E-state index is 11.8. The van der Waals surface area contributed by atoms with Crippen molar-refractivity contribution < 1.29 is 19.0 Å². The van der Waals surface area contributed by atoms with Crippen LogP contribution >= 0.6 is 0 Å². The minimum atomic E-state index is -0.0586. The molecule has 2 aliphatic rings. The van der Waals surface area contributed by atoms with Gasteiger partial charge in [0.05, 0.1) is 25.7 Å². The highest BCUT2D eigenvalue weighted by molar-refractivity contribution is 5.72. The lowest BCUT2D eigenvalue weighted by Gasteiger charge is -2.33. The van der Waals surface area contributed by atoms with Crippen LogP contribution in [-0.2, 0) is 19.0 Å². The number of likely N-dealkylation sites (tertiary alicyclic amines) is 1. The second-order valence-corrected chi connectivity index (χ2v) is 5.21. The Balaban J connectivity index is 1.69. The molecule has 110 valence electrons. The molecule has 5 heteroatoms. The van der Waals surface area contributed by atoms with Crippen LogP contribution in [0.5, 0.6) is 0 Å². The molecule has 2 aliphatic heterocycles. The van der Waals surface area contributed by atoms with Gasteiger partial charge in [0.1, 0.15) is 0 Å². The third-order valence-corrected chi connectivity index (χ3v) is 3.70. The van der Waals surface area contributed by atoms with Gasteiger partial charge in [-0.2, -0.15) is 0 Å². The predicted octanol–water partition coefficient (Wildman–Crippen LogP) is 1.41. The molecule has 0 aromatic carbocycles. The summed E-state index contributed by atoms with van der Waals surface area (Å²) >= 11 is 0. The molecule has 19 heavy (non-hydrogen) atoms. The quantitative estimate of drug-likeness (QED) is 0.708. The molecule has 0 radical (unpaired) electrons. The van der Waals surface area contributed by atoms with E-state index in [1.807, 2.05) is 6.92 Å². The van der Waals surface area contributed by atoms with Crippen molar-refractivity contribution in [3.63, 3.8) is 0 Å². The number of rotatable bonds is 5. The molecule has 0 spiro atoms. The summed E-state index contributed by atoms with van der Waals surface area (Å²) in [6.07, 6.45) is 3.83. The van der Waals surface area contributed by atoms with Crippen LogP contribution < -0.4 is 0 Å². The molecule has 2 fully saturated rings. The lowest BCUT2D eigenvalue weighted by molar-refractivity contribution is -0.183. The highest BCUT2D eigenvalue weighted by Crippen LogP contribution is 2.19. The minimum Gasteiger partial charge on any atom is -0.466 e. The van der Waals surface area contributed by atoms with Crippen LogP contribution in [0, 0.1) is 5.92 Å². The molecule has 0 aromatic rings. The van der Waals surface area contributed by atoms with Gasteiger partial charge in [0.25, 0.3) is 0 Å². The van der Waals surface area contributed by atoms with Crippen LogP contribution in [0.1, 0.15) is 32.6 Å². The van der Waals surface area contributed by atoms with E-state index in [9.17, 15) is 4.79 Å². The summed E-state index contributed by atoms with van der Waals surface area (Å²) in [6.45, 7) is 6.73. The summed E-state index contributed by atoms with van der Waals surface area (Å²) in [7, 11) is 0. The van der Waals surface area contributed by atoms with Gasteiger partial charge in [0, 0.05) is 19.5 Å². The summed E-state index contributed by atoms with van der Waals surface area (Å²) in [5.41, 5.74) is 0. The van der Waals surface area contributed by atoms with Crippen molar-refractivity contribution >= 4 is 5.97 Å². The van der Waals surface area contributed by atoms with Crippen LogP contribution in [0.25, 0.3) is 0 Å². The van der Waals surface area contributed by atoms with Gasteiger partial charge in [-0.05, 0) is 32.7 Å². The zero-order chi connectivity index (χ0) is 13.5. The topological polar surface area (TPSA) is 48.0 Å². The van der Waals surface area contributed by atoms with Crippen molar-refractivity contribution in [1.29, 1.82) is 0 Å². The Morgan fingerprint density at radius 1 is 1.32 bits per heavy atom. The molecule has 1 unspecified atom stereocenters. The predicted molar refractivity (Wildman–Crippen MR) is 70.7 cm³/mol. The maximum atomic E-state index is 11.8. The van der Waals surface area contributed by atoms with Crippen molar-refractivity contribution in [3.05, 3.63) is 0 Å². The van der Waals surface area contributed by atoms with Crippen LogP contribution in [0.15, 0.2) is 0 Å². The summed E-state index contributed by atoms with van der Waals surface area (Å²) in [5, 5.41) is 0. The van der Waals surface area contributed by atoms with Crippen molar-refractivity contribution in [3.8, 4) is 0 Å². The van der Waals surface area contributed by atoms with Gasteiger partial charge in [0.2, 0.25) is 0 Å². The summed E-state index contributed by atoms with van der Waals surface area (Å²) in [5.74, 6) is -0.000686. The van der Waals surface area contributed by atoms with Gasteiger partial charge < -0.3 is 19.1 Å². The monoisotopic (exact) mass is 271 g/mol. The van der Waals surface area contributed by atoms with Crippen LogP contribution in [0.4, 0.5) is 0 Å². The number of hydrogen-bond acceptors (Lipinski definition) is 5. The van der Waals surface area contributed by atoms with Gasteiger partial charge in [-0.15, -0.1) is 0 Å². The summed E-state index contributed by atoms with van der Waals surface area (Å²) in [4.78, 5) is 14.1. The largest absolute Gasteiger partial charge is 0.466 e. The van der Waals surface area contributed by atoms with Gasteiger partial charge in [-0.25, -0.2) is 0 Å². The zero-order valence-corrected chi connectivity index (χ0v) is 11.8. The molecule has 0 aliphatic carbocycles. The van der Waals surface area contributed by atoms with Gasteiger partial charge in [-0.3, -0.25) is 4.79 Å². The Morgan fingerprint density at radius 2 is 2.11 bits per heavy atom. The molecule has 1 atom stereocenters. The molecule has 0 N–H and O–H groups in total. The smallest absolute Gasteiger partial charge is 0.310 e. The first kappa shape index (κ1) is 14.8. The number of carbonyl (C=O) groups is 1. The van der Waals surface area contributed by atoms with E-state index >= 15 is 0 Å². The van der Waals surface area contributed by atoms with E-state index in [2.05, 4.69) is 4.90 Å². The number of ether oxygens (including phenoxy) is 3. The van der Waals surface area contributed by atoms with E-state index in [1.54, 1.807) is 0 Å². The highest BCUT2D eigenvalue weighted by Gasteiger charge is 2.27. The van der Waals surface area contributed by atoms with Gasteiger partial charge in [0.15, 0.2) is 6.29 Å². The Bertz CT molecular complexity index is 279. The first-order valence-electron chi connectivity index (χ1n) is 7.41. The second kappa shape index (κ2) is 7.82. The number of carbonyl (C=O) groups excluding carboxylic acids is 1. The first-order valence-corrected chi connectivity index (χ1v) is 7.41. The van der Waals surface area contributed by atoms with Crippen molar-refractivity contribution in [2.24, 2.45) is 5.92 Å². The SMILES string of the molecule is CCOC(=O)C1CCCN(CCC2OCCCO2)C1. The van der Waals surface area contributed by atoms with Crippen molar-refractivity contribution in [2.75, 3.05) is 39.5 Å². The van der Waals surface area contributed by atoms with Crippen LogP contribution in [0.3, 0.4) is 0 Å². The van der Waals surface area contributed by atoms with E-state index in [0.29, 0.717) is 6.61 Å². The fourth-order valence-electron chi connectivity index (χ4n) is 2.70. The average Bonchev–Trinajstić information content (AvgIpc) is 2.47. The highest BCUT2D eigenvalue weighted by atomic mass is 16.7. The molecule has 0 amide bonds. The fourth-order valence-corrected chi connectivity index (χ4v) is 2.70. The minimum absolute atomic E-state index is 0.0434. The number of nitrogens with zero attached hydrogens (tertiary/aromatic N) is 1. The molecular weight excluding hydrogens is 246 g/mol. The zero-order valence-electron chi connectivity index (χ0n) is 11.8. The third-order valence-electron chi connectivity index (χ3n) is 3.70. The lowest BCUT2D eigenvalue weighted by atomic mass is 9.98. The fraction of sp³-hybridized carbons (Fsp3) is 0.929. The molecular formula is C14H25NO4. The molecule has 0 bridgehead atoms.